The van der Waals surface area contributed by atoms with Crippen LogP contribution in [0.5, 0.6) is 11.5 Å². The minimum absolute atomic E-state index is 0.241. The Balaban J connectivity index is 1.96. The lowest BCUT2D eigenvalue weighted by Gasteiger charge is -2.16. The average Bonchev–Trinajstić information content (AvgIpc) is 2.96. The lowest BCUT2D eigenvalue weighted by Crippen LogP contribution is -2.23. The maximum Gasteiger partial charge on any atom is 0.332 e. The molecule has 3 N–H and O–H groups in total. The molecule has 2 aromatic carbocycles. The first-order valence-electron chi connectivity index (χ1n) is 6.61. The zero-order chi connectivity index (χ0) is 15.7. The Kier molecular flexibility index (Phi) is 3.42. The van der Waals surface area contributed by atoms with Gasteiger partial charge in [0.2, 0.25) is 5.90 Å². The quantitative estimate of drug-likeness (QED) is 0.753. The van der Waals surface area contributed by atoms with Crippen molar-refractivity contribution >= 4 is 11.9 Å². The molecule has 0 saturated carbocycles. The van der Waals surface area contributed by atoms with Crippen LogP contribution in [-0.4, -0.2) is 33.2 Å². The number of aliphatic carboxylic acids is 1. The first kappa shape index (κ1) is 13.9. The zero-order valence-electron chi connectivity index (χ0n) is 11.4. The number of phenolic OH excluding ortho intramolecular Hbond substituents is 2. The molecule has 0 saturated heterocycles. The molecular weight excluding hydrogens is 286 g/mol. The maximum atomic E-state index is 11.4. The highest BCUT2D eigenvalue weighted by Gasteiger charge is 2.38. The van der Waals surface area contributed by atoms with Crippen LogP contribution in [-0.2, 0) is 9.53 Å². The molecule has 1 heterocycles. The van der Waals surface area contributed by atoms with E-state index in [9.17, 15) is 20.1 Å². The summed E-state index contributed by atoms with van der Waals surface area (Å²) in [5, 5.41) is 28.3. The number of hydrogen-bond donors (Lipinski definition) is 3. The van der Waals surface area contributed by atoms with E-state index in [1.807, 2.05) is 6.07 Å². The molecule has 3 rings (SSSR count). The fourth-order valence-electron chi connectivity index (χ4n) is 2.28. The third-order valence-electron chi connectivity index (χ3n) is 3.38. The van der Waals surface area contributed by atoms with Crippen molar-refractivity contribution in [1.29, 1.82) is 0 Å². The number of ether oxygens (including phenoxy) is 1. The van der Waals surface area contributed by atoms with Crippen molar-refractivity contribution in [3.05, 3.63) is 59.7 Å². The van der Waals surface area contributed by atoms with Gasteiger partial charge < -0.3 is 20.1 Å². The monoisotopic (exact) mass is 299 g/mol. The number of benzene rings is 2. The molecule has 2 aromatic rings. The number of carboxylic acid groups (broad SMARTS) is 1. The summed E-state index contributed by atoms with van der Waals surface area (Å²) in [7, 11) is 0. The molecule has 22 heavy (non-hydrogen) atoms. The van der Waals surface area contributed by atoms with Crippen molar-refractivity contribution in [3.63, 3.8) is 0 Å². The Morgan fingerprint density at radius 2 is 1.77 bits per heavy atom. The van der Waals surface area contributed by atoms with Crippen molar-refractivity contribution in [2.75, 3.05) is 0 Å². The van der Waals surface area contributed by atoms with Crippen LogP contribution in [0, 0.1) is 0 Å². The van der Waals surface area contributed by atoms with Gasteiger partial charge in [0.05, 0.1) is 0 Å². The Hall–Kier alpha value is -3.02. The molecule has 0 aromatic heterocycles. The predicted octanol–water partition coefficient (Wildman–Crippen LogP) is 2.07. The predicted molar refractivity (Wildman–Crippen MR) is 78.0 cm³/mol. The minimum Gasteiger partial charge on any atom is -0.504 e. The SMILES string of the molecule is O=C(O)[C@H]1N=C(c2ccccc2)O[C@@H]1c1ccc(O)c(O)c1. The number of nitrogens with zero attached hydrogens (tertiary/aromatic N) is 1. The molecule has 0 aliphatic carbocycles. The molecule has 0 radical (unpaired) electrons. The molecule has 0 spiro atoms. The lowest BCUT2D eigenvalue weighted by atomic mass is 10.0. The summed E-state index contributed by atoms with van der Waals surface area (Å²) in [6, 6.07) is 11.9. The molecule has 6 nitrogen and oxygen atoms in total. The topological polar surface area (TPSA) is 99.4 Å². The number of phenols is 2. The van der Waals surface area contributed by atoms with Gasteiger partial charge in [-0.3, -0.25) is 0 Å². The van der Waals surface area contributed by atoms with Gasteiger partial charge in [0.15, 0.2) is 23.6 Å². The van der Waals surface area contributed by atoms with E-state index >= 15 is 0 Å². The van der Waals surface area contributed by atoms with E-state index in [4.69, 9.17) is 4.74 Å². The van der Waals surface area contributed by atoms with E-state index in [0.717, 1.165) is 0 Å². The summed E-state index contributed by atoms with van der Waals surface area (Å²) in [5.74, 6) is -1.50. The summed E-state index contributed by atoms with van der Waals surface area (Å²) in [6.07, 6.45) is -0.862. The van der Waals surface area contributed by atoms with Gasteiger partial charge in [0.25, 0.3) is 0 Å². The fraction of sp³-hybridized carbons (Fsp3) is 0.125. The van der Waals surface area contributed by atoms with Crippen molar-refractivity contribution in [1.82, 2.24) is 0 Å². The molecule has 0 fully saturated rings. The van der Waals surface area contributed by atoms with E-state index in [0.29, 0.717) is 11.1 Å². The van der Waals surface area contributed by atoms with Gasteiger partial charge in [-0.25, -0.2) is 9.79 Å². The van der Waals surface area contributed by atoms with Crippen molar-refractivity contribution < 1.29 is 24.9 Å². The number of rotatable bonds is 3. The first-order chi connectivity index (χ1) is 10.6. The van der Waals surface area contributed by atoms with Crippen molar-refractivity contribution in [3.8, 4) is 11.5 Å². The van der Waals surface area contributed by atoms with Gasteiger partial charge in [-0.1, -0.05) is 24.3 Å². The highest BCUT2D eigenvalue weighted by atomic mass is 16.5. The molecule has 6 heteroatoms. The molecule has 0 bridgehead atoms. The summed E-state index contributed by atoms with van der Waals surface area (Å²) in [4.78, 5) is 15.5. The van der Waals surface area contributed by atoms with Gasteiger partial charge in [0, 0.05) is 5.56 Å². The Labute approximate surface area is 125 Å². The highest BCUT2D eigenvalue weighted by molar-refractivity contribution is 5.97. The van der Waals surface area contributed by atoms with Gasteiger partial charge >= 0.3 is 5.97 Å². The minimum atomic E-state index is -1.12. The normalized spacial score (nSPS) is 20.3. The number of hydrogen-bond acceptors (Lipinski definition) is 5. The van der Waals surface area contributed by atoms with Crippen LogP contribution in [0.4, 0.5) is 0 Å². The fourth-order valence-corrected chi connectivity index (χ4v) is 2.28. The Morgan fingerprint density at radius 3 is 2.41 bits per heavy atom. The van der Waals surface area contributed by atoms with Crippen LogP contribution < -0.4 is 0 Å². The number of carboxylic acids is 1. The van der Waals surface area contributed by atoms with Crippen molar-refractivity contribution in [2.45, 2.75) is 12.1 Å². The summed E-state index contributed by atoms with van der Waals surface area (Å²) >= 11 is 0. The number of aromatic hydroxyl groups is 2. The highest BCUT2D eigenvalue weighted by Crippen LogP contribution is 2.35. The second-order valence-electron chi connectivity index (χ2n) is 4.87. The maximum absolute atomic E-state index is 11.4. The summed E-state index contributed by atoms with van der Waals surface area (Å²) in [6.45, 7) is 0. The van der Waals surface area contributed by atoms with E-state index in [1.54, 1.807) is 24.3 Å². The van der Waals surface area contributed by atoms with Crippen LogP contribution in [0.1, 0.15) is 17.2 Å². The molecular formula is C16H13NO5. The van der Waals surface area contributed by atoms with Gasteiger partial charge in [-0.05, 0) is 29.8 Å². The van der Waals surface area contributed by atoms with E-state index in [1.165, 1.54) is 18.2 Å². The molecule has 2 atom stereocenters. The average molecular weight is 299 g/mol. The van der Waals surface area contributed by atoms with Gasteiger partial charge in [-0.2, -0.15) is 0 Å². The van der Waals surface area contributed by atoms with E-state index in [2.05, 4.69) is 4.99 Å². The molecule has 112 valence electrons. The summed E-state index contributed by atoms with van der Waals surface area (Å²) < 4.78 is 5.68. The third kappa shape index (κ3) is 2.46. The first-order valence-corrected chi connectivity index (χ1v) is 6.61. The molecule has 1 aliphatic heterocycles. The van der Waals surface area contributed by atoms with E-state index < -0.39 is 18.1 Å². The molecule has 0 unspecified atom stereocenters. The summed E-state index contributed by atoms with van der Waals surface area (Å²) in [5.41, 5.74) is 1.11. The van der Waals surface area contributed by atoms with Gasteiger partial charge in [0.1, 0.15) is 0 Å². The van der Waals surface area contributed by atoms with Crippen LogP contribution in [0.3, 0.4) is 0 Å². The van der Waals surface area contributed by atoms with Crippen LogP contribution >= 0.6 is 0 Å². The zero-order valence-corrected chi connectivity index (χ0v) is 11.4. The third-order valence-corrected chi connectivity index (χ3v) is 3.38. The van der Waals surface area contributed by atoms with Crippen LogP contribution in [0.25, 0.3) is 0 Å². The van der Waals surface area contributed by atoms with Gasteiger partial charge in [-0.15, -0.1) is 0 Å². The smallest absolute Gasteiger partial charge is 0.332 e. The standard InChI is InChI=1S/C16H13NO5/c18-11-7-6-10(8-12(11)19)14-13(16(20)21)17-15(22-14)9-4-2-1-3-5-9/h1-8,13-14,18-19H,(H,20,21)/t13-,14+/m0/s1. The van der Waals surface area contributed by atoms with E-state index in [-0.39, 0.29) is 17.4 Å². The van der Waals surface area contributed by atoms with Crippen LogP contribution in [0.15, 0.2) is 53.5 Å². The molecule has 0 amide bonds. The van der Waals surface area contributed by atoms with Crippen LogP contribution in [0.2, 0.25) is 0 Å². The Morgan fingerprint density at radius 1 is 1.05 bits per heavy atom. The Bertz CT molecular complexity index is 741. The number of carbonyl (C=O) groups is 1. The number of aliphatic imine (C=N–C) groups is 1. The second-order valence-corrected chi connectivity index (χ2v) is 4.87. The second kappa shape index (κ2) is 5.40. The van der Waals surface area contributed by atoms with Crippen molar-refractivity contribution in [2.24, 2.45) is 4.99 Å². The largest absolute Gasteiger partial charge is 0.504 e. The molecule has 1 aliphatic rings. The lowest BCUT2D eigenvalue weighted by molar-refractivity contribution is -0.140.